The van der Waals surface area contributed by atoms with Crippen LogP contribution in [0.5, 0.6) is 0 Å². The molecule has 0 saturated heterocycles. The van der Waals surface area contributed by atoms with Crippen LogP contribution in [0.4, 0.5) is 5.69 Å². The normalized spacial score (nSPS) is 10.4. The molecule has 0 spiro atoms. The number of rotatable bonds is 7. The van der Waals surface area contributed by atoms with E-state index in [0.717, 1.165) is 11.3 Å². The Morgan fingerprint density at radius 1 is 1.00 bits per heavy atom. The summed E-state index contributed by atoms with van der Waals surface area (Å²) in [5, 5.41) is 6.45. The van der Waals surface area contributed by atoms with E-state index >= 15 is 0 Å². The van der Waals surface area contributed by atoms with Gasteiger partial charge in [0.05, 0.1) is 25.8 Å². The van der Waals surface area contributed by atoms with Gasteiger partial charge in [0.15, 0.2) is 0 Å². The highest BCUT2D eigenvalue weighted by Crippen LogP contribution is 2.23. The number of esters is 1. The quantitative estimate of drug-likeness (QED) is 0.585. The molecule has 0 unspecified atom stereocenters. The maximum absolute atomic E-state index is 12.0. The molecule has 0 saturated carbocycles. The third-order valence-electron chi connectivity index (χ3n) is 4.01. The average Bonchev–Trinajstić information content (AvgIpc) is 3.20. The van der Waals surface area contributed by atoms with Gasteiger partial charge < -0.3 is 19.8 Å². The third kappa shape index (κ3) is 5.14. The summed E-state index contributed by atoms with van der Waals surface area (Å²) in [5.74, 6) is 0.785. The van der Waals surface area contributed by atoms with Gasteiger partial charge in [0.2, 0.25) is 5.91 Å². The summed E-state index contributed by atoms with van der Waals surface area (Å²) in [6, 6.07) is 17.7. The molecule has 2 aromatic carbocycles. The fraction of sp³-hybridized carbons (Fsp3) is 0.143. The molecule has 28 heavy (non-hydrogen) atoms. The van der Waals surface area contributed by atoms with E-state index in [2.05, 4.69) is 15.4 Å². The van der Waals surface area contributed by atoms with Crippen LogP contribution in [0.15, 0.2) is 65.1 Å². The van der Waals surface area contributed by atoms with E-state index in [9.17, 15) is 9.59 Å². The highest BCUT2D eigenvalue weighted by Gasteiger charge is 2.08. The van der Waals surface area contributed by atoms with Crippen molar-refractivity contribution >= 4 is 29.2 Å². The Kier molecular flexibility index (Phi) is 6.34. The molecule has 0 fully saturated rings. The number of nitrogens with one attached hydrogen (secondary N) is 2. The van der Waals surface area contributed by atoms with E-state index in [1.54, 1.807) is 36.4 Å². The number of hydrogen-bond acceptors (Lipinski definition) is 5. The first kappa shape index (κ1) is 19.5. The molecule has 0 aliphatic heterocycles. The first-order valence-corrected chi connectivity index (χ1v) is 8.96. The van der Waals surface area contributed by atoms with Crippen LogP contribution in [-0.4, -0.2) is 25.5 Å². The number of furan rings is 1. The SMILES string of the molecule is COC(=O)c1ccc(NCC(=O)NCc2ccc(-c3ccc(Cl)cc3)o2)cc1. The van der Waals surface area contributed by atoms with Crippen LogP contribution in [0.1, 0.15) is 16.1 Å². The summed E-state index contributed by atoms with van der Waals surface area (Å²) in [5.41, 5.74) is 2.09. The molecular weight excluding hydrogens is 380 g/mol. The van der Waals surface area contributed by atoms with Crippen molar-refractivity contribution in [2.75, 3.05) is 19.0 Å². The lowest BCUT2D eigenvalue weighted by molar-refractivity contribution is -0.119. The molecule has 6 nitrogen and oxygen atoms in total. The minimum absolute atomic E-state index is 0.0995. The van der Waals surface area contributed by atoms with Gasteiger partial charge in [-0.3, -0.25) is 4.79 Å². The molecule has 2 N–H and O–H groups in total. The lowest BCUT2D eigenvalue weighted by Gasteiger charge is -2.07. The molecule has 1 aromatic heterocycles. The smallest absolute Gasteiger partial charge is 0.337 e. The van der Waals surface area contributed by atoms with Crippen LogP contribution in [-0.2, 0) is 16.1 Å². The first-order valence-electron chi connectivity index (χ1n) is 8.59. The van der Waals surface area contributed by atoms with Crippen LogP contribution in [0, 0.1) is 0 Å². The zero-order valence-corrected chi connectivity index (χ0v) is 16.0. The third-order valence-corrected chi connectivity index (χ3v) is 4.26. The van der Waals surface area contributed by atoms with Gasteiger partial charge in [0.25, 0.3) is 0 Å². The van der Waals surface area contributed by atoms with Gasteiger partial charge in [-0.15, -0.1) is 0 Å². The fourth-order valence-electron chi connectivity index (χ4n) is 2.51. The van der Waals surface area contributed by atoms with E-state index < -0.39 is 5.97 Å². The number of hydrogen-bond donors (Lipinski definition) is 2. The minimum atomic E-state index is -0.402. The maximum Gasteiger partial charge on any atom is 0.337 e. The van der Waals surface area contributed by atoms with Crippen LogP contribution in [0.2, 0.25) is 5.02 Å². The van der Waals surface area contributed by atoms with Crippen molar-refractivity contribution in [1.29, 1.82) is 0 Å². The van der Waals surface area contributed by atoms with E-state index in [4.69, 9.17) is 16.0 Å². The predicted octanol–water partition coefficient (Wildman–Crippen LogP) is 4.11. The number of methoxy groups -OCH3 is 1. The number of halogens is 1. The summed E-state index contributed by atoms with van der Waals surface area (Å²) in [4.78, 5) is 23.4. The molecule has 0 bridgehead atoms. The summed E-state index contributed by atoms with van der Waals surface area (Å²) < 4.78 is 10.4. The zero-order chi connectivity index (χ0) is 19.9. The number of anilines is 1. The van der Waals surface area contributed by atoms with Crippen LogP contribution in [0.25, 0.3) is 11.3 Å². The molecule has 3 aromatic rings. The second-order valence-corrected chi connectivity index (χ2v) is 6.41. The predicted molar refractivity (Wildman–Crippen MR) is 107 cm³/mol. The molecule has 0 atom stereocenters. The van der Waals surface area contributed by atoms with Crippen LogP contribution >= 0.6 is 11.6 Å². The monoisotopic (exact) mass is 398 g/mol. The summed E-state index contributed by atoms with van der Waals surface area (Å²) in [6.07, 6.45) is 0. The number of carbonyl (C=O) groups is 2. The molecule has 0 aliphatic rings. The van der Waals surface area contributed by atoms with Gasteiger partial charge in [-0.2, -0.15) is 0 Å². The summed E-state index contributed by atoms with van der Waals surface area (Å²) in [6.45, 7) is 0.387. The maximum atomic E-state index is 12.0. The summed E-state index contributed by atoms with van der Waals surface area (Å²) >= 11 is 5.89. The van der Waals surface area contributed by atoms with Gasteiger partial charge in [0, 0.05) is 16.3 Å². The summed E-state index contributed by atoms with van der Waals surface area (Å²) in [7, 11) is 1.33. The van der Waals surface area contributed by atoms with Crippen molar-refractivity contribution in [2.24, 2.45) is 0 Å². The van der Waals surface area contributed by atoms with Crippen molar-refractivity contribution in [3.63, 3.8) is 0 Å². The van der Waals surface area contributed by atoms with Crippen molar-refractivity contribution in [2.45, 2.75) is 6.54 Å². The number of amides is 1. The highest BCUT2D eigenvalue weighted by atomic mass is 35.5. The average molecular weight is 399 g/mol. The van der Waals surface area contributed by atoms with Crippen molar-refractivity contribution < 1.29 is 18.7 Å². The number of benzene rings is 2. The molecular formula is C21H19ClN2O4. The first-order chi connectivity index (χ1) is 13.5. The van der Waals surface area contributed by atoms with Crippen LogP contribution in [0.3, 0.4) is 0 Å². The van der Waals surface area contributed by atoms with Crippen molar-refractivity contribution in [1.82, 2.24) is 5.32 Å². The minimum Gasteiger partial charge on any atom is -0.465 e. The molecule has 1 amide bonds. The fourth-order valence-corrected chi connectivity index (χ4v) is 2.64. The van der Waals surface area contributed by atoms with Gasteiger partial charge in [0.1, 0.15) is 11.5 Å². The highest BCUT2D eigenvalue weighted by molar-refractivity contribution is 6.30. The van der Waals surface area contributed by atoms with Crippen molar-refractivity contribution in [3.05, 3.63) is 77.0 Å². The molecule has 0 radical (unpaired) electrons. The number of ether oxygens (including phenoxy) is 1. The molecule has 144 valence electrons. The second kappa shape index (κ2) is 9.10. The number of carbonyl (C=O) groups excluding carboxylic acids is 2. The van der Waals surface area contributed by atoms with E-state index in [-0.39, 0.29) is 19.0 Å². The van der Waals surface area contributed by atoms with Gasteiger partial charge in [-0.25, -0.2) is 4.79 Å². The Balaban J connectivity index is 1.47. The van der Waals surface area contributed by atoms with Gasteiger partial charge in [-0.1, -0.05) is 11.6 Å². The Morgan fingerprint density at radius 2 is 1.71 bits per heavy atom. The lowest BCUT2D eigenvalue weighted by atomic mass is 10.2. The molecule has 7 heteroatoms. The standard InChI is InChI=1S/C21H19ClN2O4/c1-27-21(26)15-4-8-17(9-5-15)23-13-20(25)24-12-18-10-11-19(28-18)14-2-6-16(22)7-3-14/h2-11,23H,12-13H2,1H3,(H,24,25). The largest absolute Gasteiger partial charge is 0.465 e. The van der Waals surface area contributed by atoms with E-state index in [1.165, 1.54) is 7.11 Å². The van der Waals surface area contributed by atoms with Gasteiger partial charge in [-0.05, 0) is 60.7 Å². The van der Waals surface area contributed by atoms with Crippen molar-refractivity contribution in [3.8, 4) is 11.3 Å². The van der Waals surface area contributed by atoms with Crippen LogP contribution < -0.4 is 10.6 Å². The van der Waals surface area contributed by atoms with Gasteiger partial charge >= 0.3 is 5.97 Å². The topological polar surface area (TPSA) is 80.6 Å². The van der Waals surface area contributed by atoms with E-state index in [1.807, 2.05) is 24.3 Å². The Labute approximate surface area is 167 Å². The van der Waals surface area contributed by atoms with E-state index in [0.29, 0.717) is 22.1 Å². The molecule has 3 rings (SSSR count). The second-order valence-electron chi connectivity index (χ2n) is 5.97. The Morgan fingerprint density at radius 3 is 2.39 bits per heavy atom. The Hall–Kier alpha value is -3.25. The Bertz CT molecular complexity index is 949. The molecule has 0 aliphatic carbocycles. The molecule has 1 heterocycles. The lowest BCUT2D eigenvalue weighted by Crippen LogP contribution is -2.29. The zero-order valence-electron chi connectivity index (χ0n) is 15.2.